The number of rotatable bonds is 4. The molecule has 0 fully saturated rings. The summed E-state index contributed by atoms with van der Waals surface area (Å²) in [7, 11) is 0. The van der Waals surface area contributed by atoms with Gasteiger partial charge in [0.25, 0.3) is 0 Å². The summed E-state index contributed by atoms with van der Waals surface area (Å²) in [6.07, 6.45) is 3.64. The van der Waals surface area contributed by atoms with Gasteiger partial charge in [0.15, 0.2) is 0 Å². The van der Waals surface area contributed by atoms with E-state index in [1.807, 2.05) is 72.9 Å². The Bertz CT molecular complexity index is 1150. The van der Waals surface area contributed by atoms with Gasteiger partial charge >= 0.3 is 0 Å². The van der Waals surface area contributed by atoms with Crippen molar-refractivity contribution in [3.05, 3.63) is 90.3 Å². The van der Waals surface area contributed by atoms with Crippen LogP contribution in [0.3, 0.4) is 0 Å². The van der Waals surface area contributed by atoms with Gasteiger partial charge in [0.05, 0.1) is 18.2 Å². The summed E-state index contributed by atoms with van der Waals surface area (Å²) in [6.45, 7) is 0.468. The Morgan fingerprint density at radius 1 is 1.03 bits per heavy atom. The minimum atomic E-state index is -0.632. The van der Waals surface area contributed by atoms with Crippen LogP contribution in [0.5, 0.6) is 17.4 Å². The van der Waals surface area contributed by atoms with Crippen LogP contribution in [-0.4, -0.2) is 21.7 Å². The molecule has 0 radical (unpaired) electrons. The zero-order valence-electron chi connectivity index (χ0n) is 15.7. The molecule has 0 saturated carbocycles. The van der Waals surface area contributed by atoms with E-state index in [1.54, 1.807) is 6.20 Å². The van der Waals surface area contributed by atoms with E-state index >= 15 is 0 Å². The molecule has 2 atom stereocenters. The van der Waals surface area contributed by atoms with Crippen molar-refractivity contribution in [1.29, 1.82) is 0 Å². The minimum Gasteiger partial charge on any atom is -0.493 e. The first kappa shape index (κ1) is 17.6. The number of aromatic nitrogens is 2. The third kappa shape index (κ3) is 3.65. The summed E-state index contributed by atoms with van der Waals surface area (Å²) in [4.78, 5) is 8.70. The lowest BCUT2D eigenvalue weighted by atomic mass is 9.88. The Hall–Kier alpha value is -3.44. The third-order valence-electron chi connectivity index (χ3n) is 5.22. The van der Waals surface area contributed by atoms with Gasteiger partial charge in [-0.25, -0.2) is 4.98 Å². The maximum atomic E-state index is 10.9. The van der Waals surface area contributed by atoms with E-state index in [0.717, 1.165) is 22.0 Å². The summed E-state index contributed by atoms with van der Waals surface area (Å²) in [5.74, 6) is 1.79. The third-order valence-corrected chi connectivity index (χ3v) is 5.22. The van der Waals surface area contributed by atoms with E-state index in [9.17, 15) is 5.11 Å². The number of hydrogen-bond donors (Lipinski definition) is 1. The molecule has 2 aromatic carbocycles. The highest BCUT2D eigenvalue weighted by Gasteiger charge is 2.30. The molecule has 144 valence electrons. The highest BCUT2D eigenvalue weighted by molar-refractivity contribution is 5.78. The Morgan fingerprint density at radius 2 is 1.97 bits per heavy atom. The molecule has 0 amide bonds. The van der Waals surface area contributed by atoms with Crippen molar-refractivity contribution in [3.8, 4) is 17.4 Å². The molecule has 1 aliphatic rings. The van der Waals surface area contributed by atoms with Crippen LogP contribution in [0, 0.1) is 5.92 Å². The van der Waals surface area contributed by atoms with Gasteiger partial charge in [-0.15, -0.1) is 0 Å². The van der Waals surface area contributed by atoms with E-state index in [2.05, 4.69) is 9.97 Å². The van der Waals surface area contributed by atoms with Crippen molar-refractivity contribution in [2.45, 2.75) is 12.5 Å². The zero-order valence-corrected chi connectivity index (χ0v) is 15.7. The minimum absolute atomic E-state index is 0.0410. The molecule has 0 bridgehead atoms. The van der Waals surface area contributed by atoms with Crippen LogP contribution in [0.1, 0.15) is 17.2 Å². The number of ether oxygens (including phenoxy) is 2. The van der Waals surface area contributed by atoms with Crippen molar-refractivity contribution in [2.75, 3.05) is 6.61 Å². The lowest BCUT2D eigenvalue weighted by molar-refractivity contribution is 0.0505. The van der Waals surface area contributed by atoms with Crippen LogP contribution in [-0.2, 0) is 6.42 Å². The average molecular weight is 384 g/mol. The molecule has 5 nitrogen and oxygen atoms in total. The maximum absolute atomic E-state index is 10.9. The second kappa shape index (κ2) is 7.53. The Morgan fingerprint density at radius 3 is 2.86 bits per heavy atom. The summed E-state index contributed by atoms with van der Waals surface area (Å²) in [5.41, 5.74) is 2.70. The number of fused-ring (bicyclic) bond motifs is 2. The maximum Gasteiger partial charge on any atom is 0.219 e. The normalized spacial score (nSPS) is 18.1. The number of nitrogens with zero attached hydrogens (tertiary/aromatic N) is 2. The van der Waals surface area contributed by atoms with Crippen LogP contribution in [0.4, 0.5) is 0 Å². The quantitative estimate of drug-likeness (QED) is 0.552. The lowest BCUT2D eigenvalue weighted by Gasteiger charge is -2.30. The fourth-order valence-electron chi connectivity index (χ4n) is 3.71. The molecule has 0 aliphatic carbocycles. The molecule has 0 saturated heterocycles. The van der Waals surface area contributed by atoms with E-state index in [1.165, 1.54) is 0 Å². The smallest absolute Gasteiger partial charge is 0.219 e. The second-order valence-corrected chi connectivity index (χ2v) is 7.23. The predicted octanol–water partition coefficient (Wildman–Crippen LogP) is 4.71. The van der Waals surface area contributed by atoms with E-state index in [-0.39, 0.29) is 5.92 Å². The molecule has 2 unspecified atom stereocenters. The lowest BCUT2D eigenvalue weighted by Crippen LogP contribution is -2.27. The number of benzene rings is 2. The number of aliphatic hydroxyl groups is 1. The van der Waals surface area contributed by atoms with Gasteiger partial charge in [0.2, 0.25) is 5.88 Å². The first-order chi connectivity index (χ1) is 14.3. The highest BCUT2D eigenvalue weighted by Crippen LogP contribution is 2.39. The fraction of sp³-hybridized carbons (Fsp3) is 0.167. The molecule has 1 N–H and O–H groups in total. The first-order valence-corrected chi connectivity index (χ1v) is 9.64. The molecule has 29 heavy (non-hydrogen) atoms. The van der Waals surface area contributed by atoms with Gasteiger partial charge in [-0.1, -0.05) is 24.3 Å². The van der Waals surface area contributed by atoms with Crippen molar-refractivity contribution < 1.29 is 14.6 Å². The van der Waals surface area contributed by atoms with Crippen LogP contribution in [0.15, 0.2) is 79.1 Å². The summed E-state index contributed by atoms with van der Waals surface area (Å²) in [6, 6.07) is 21.2. The topological polar surface area (TPSA) is 64.5 Å². The molecule has 4 aromatic rings. The van der Waals surface area contributed by atoms with Crippen molar-refractivity contribution in [1.82, 2.24) is 9.97 Å². The highest BCUT2D eigenvalue weighted by atomic mass is 16.5. The van der Waals surface area contributed by atoms with Crippen molar-refractivity contribution in [2.24, 2.45) is 5.92 Å². The van der Waals surface area contributed by atoms with Crippen molar-refractivity contribution in [3.63, 3.8) is 0 Å². The average Bonchev–Trinajstić information content (AvgIpc) is 2.77. The van der Waals surface area contributed by atoms with E-state index < -0.39 is 6.10 Å². The molecule has 5 heteroatoms. The number of aliphatic hydroxyl groups excluding tert-OH is 1. The molecule has 5 rings (SSSR count). The van der Waals surface area contributed by atoms with Gasteiger partial charge in [-0.2, -0.15) is 0 Å². The zero-order chi connectivity index (χ0) is 19.6. The number of para-hydroxylation sites is 1. The van der Waals surface area contributed by atoms with Crippen LogP contribution in [0.2, 0.25) is 0 Å². The van der Waals surface area contributed by atoms with Crippen LogP contribution in [0.25, 0.3) is 10.9 Å². The standard InChI is InChI=1S/C24H20N2O3/c27-24-18(12-16-4-3-11-25-14-16)15-28-22-9-8-19(13-20(22)24)29-23-10-7-17-5-1-2-6-21(17)26-23/h1-11,13-14,18,24,27H,12,15H2. The molecule has 0 spiro atoms. The predicted molar refractivity (Wildman–Crippen MR) is 110 cm³/mol. The Balaban J connectivity index is 1.38. The monoisotopic (exact) mass is 384 g/mol. The van der Waals surface area contributed by atoms with E-state index in [0.29, 0.717) is 30.4 Å². The van der Waals surface area contributed by atoms with Gasteiger partial charge < -0.3 is 14.6 Å². The summed E-state index contributed by atoms with van der Waals surface area (Å²) >= 11 is 0. The van der Waals surface area contributed by atoms with Gasteiger partial charge in [-0.05, 0) is 48.4 Å². The second-order valence-electron chi connectivity index (χ2n) is 7.23. The molecule has 1 aliphatic heterocycles. The van der Waals surface area contributed by atoms with Gasteiger partial charge in [0.1, 0.15) is 11.5 Å². The SMILES string of the molecule is OC1c2cc(Oc3ccc4ccccc4n3)ccc2OCC1Cc1cccnc1. The van der Waals surface area contributed by atoms with Crippen LogP contribution >= 0.6 is 0 Å². The summed E-state index contributed by atoms with van der Waals surface area (Å²) in [5, 5.41) is 12.0. The summed E-state index contributed by atoms with van der Waals surface area (Å²) < 4.78 is 11.9. The van der Waals surface area contributed by atoms with Crippen molar-refractivity contribution >= 4 is 10.9 Å². The number of hydrogen-bond acceptors (Lipinski definition) is 5. The number of pyridine rings is 2. The molecular weight excluding hydrogens is 364 g/mol. The van der Waals surface area contributed by atoms with Gasteiger partial charge in [0, 0.05) is 35.3 Å². The van der Waals surface area contributed by atoms with Crippen LogP contribution < -0.4 is 9.47 Å². The Labute approximate surface area is 168 Å². The molecule has 3 heterocycles. The largest absolute Gasteiger partial charge is 0.493 e. The Kier molecular flexibility index (Phi) is 4.58. The van der Waals surface area contributed by atoms with E-state index in [4.69, 9.17) is 9.47 Å². The molecule has 2 aromatic heterocycles. The molecular formula is C24H20N2O3. The first-order valence-electron chi connectivity index (χ1n) is 9.64. The fourth-order valence-corrected chi connectivity index (χ4v) is 3.71. The van der Waals surface area contributed by atoms with Gasteiger partial charge in [-0.3, -0.25) is 4.98 Å².